The Morgan fingerprint density at radius 3 is 2.71 bits per heavy atom. The number of benzene rings is 1. The smallest absolute Gasteiger partial charge is 0.420 e. The van der Waals surface area contributed by atoms with Crippen LogP contribution in [-0.4, -0.2) is 21.4 Å². The van der Waals surface area contributed by atoms with E-state index in [1.807, 2.05) is 0 Å². The molecule has 6 heteroatoms. The van der Waals surface area contributed by atoms with Gasteiger partial charge < -0.3 is 9.52 Å². The van der Waals surface area contributed by atoms with Crippen LogP contribution in [0, 0.1) is 0 Å². The Hall–Kier alpha value is -2.37. The maximum atomic E-state index is 11.4. The minimum absolute atomic E-state index is 0.152. The van der Waals surface area contributed by atoms with E-state index in [9.17, 15) is 14.4 Å². The molecule has 0 aliphatic rings. The zero-order valence-corrected chi connectivity index (χ0v) is 8.97. The topological polar surface area (TPSA) is 89.5 Å². The predicted molar refractivity (Wildman–Crippen MR) is 58.1 cm³/mol. The molecule has 1 N–H and O–H groups in total. The molecule has 0 amide bonds. The number of carbonyl (C=O) groups excluding carboxylic acids is 1. The zero-order valence-electron chi connectivity index (χ0n) is 8.97. The summed E-state index contributed by atoms with van der Waals surface area (Å²) in [5.41, 5.74) is 0.986. The van der Waals surface area contributed by atoms with Crippen LogP contribution in [0.15, 0.2) is 27.4 Å². The third-order valence-electron chi connectivity index (χ3n) is 2.37. The second kappa shape index (κ2) is 3.89. The number of aliphatic carboxylic acids is 1. The molecule has 1 heterocycles. The van der Waals surface area contributed by atoms with Crippen LogP contribution in [0.25, 0.3) is 11.1 Å². The maximum Gasteiger partial charge on any atom is 0.420 e. The van der Waals surface area contributed by atoms with Crippen molar-refractivity contribution in [1.82, 2.24) is 4.57 Å². The highest BCUT2D eigenvalue weighted by molar-refractivity contribution is 5.97. The summed E-state index contributed by atoms with van der Waals surface area (Å²) in [6.45, 7) is 0.929. The summed E-state index contributed by atoms with van der Waals surface area (Å²) >= 11 is 0. The maximum absolute atomic E-state index is 11.4. The second-order valence-corrected chi connectivity index (χ2v) is 3.59. The normalized spacial score (nSPS) is 10.6. The molecule has 0 fully saturated rings. The highest BCUT2D eigenvalue weighted by Crippen LogP contribution is 2.15. The van der Waals surface area contributed by atoms with E-state index in [0.717, 1.165) is 4.57 Å². The van der Waals surface area contributed by atoms with Crippen LogP contribution in [0.1, 0.15) is 17.3 Å². The van der Waals surface area contributed by atoms with E-state index in [2.05, 4.69) is 0 Å². The monoisotopic (exact) mass is 235 g/mol. The first-order valence-corrected chi connectivity index (χ1v) is 4.85. The fraction of sp³-hybridized carbons (Fsp3) is 0.182. The lowest BCUT2D eigenvalue weighted by atomic mass is 10.1. The summed E-state index contributed by atoms with van der Waals surface area (Å²) in [4.78, 5) is 33.1. The second-order valence-electron chi connectivity index (χ2n) is 3.59. The van der Waals surface area contributed by atoms with Crippen molar-refractivity contribution in [1.29, 1.82) is 0 Å². The summed E-state index contributed by atoms with van der Waals surface area (Å²) in [7, 11) is 0. The van der Waals surface area contributed by atoms with Gasteiger partial charge in [0.15, 0.2) is 11.4 Å². The van der Waals surface area contributed by atoms with Crippen molar-refractivity contribution in [3.63, 3.8) is 0 Å². The first-order chi connectivity index (χ1) is 7.99. The predicted octanol–water partition coefficient (Wildman–Crippen LogP) is 0.882. The minimum atomic E-state index is -1.13. The summed E-state index contributed by atoms with van der Waals surface area (Å²) in [5.74, 6) is -2.03. The van der Waals surface area contributed by atoms with Crippen LogP contribution < -0.4 is 5.76 Å². The highest BCUT2D eigenvalue weighted by atomic mass is 16.4. The molecule has 2 rings (SSSR count). The standard InChI is InChI=1S/C11H9NO5/c1-6(13)7-2-3-8-9(4-7)17-11(16)12(8)5-10(14)15/h2-4H,5H2,1H3,(H,14,15). The zero-order chi connectivity index (χ0) is 12.6. The van der Waals surface area contributed by atoms with Crippen LogP contribution in [0.4, 0.5) is 0 Å². The van der Waals surface area contributed by atoms with Crippen molar-refractivity contribution in [3.8, 4) is 0 Å². The van der Waals surface area contributed by atoms with Gasteiger partial charge in [-0.1, -0.05) is 0 Å². The molecule has 0 aliphatic heterocycles. The third-order valence-corrected chi connectivity index (χ3v) is 2.37. The van der Waals surface area contributed by atoms with Crippen molar-refractivity contribution >= 4 is 22.9 Å². The Morgan fingerprint density at radius 2 is 2.12 bits per heavy atom. The lowest BCUT2D eigenvalue weighted by Gasteiger charge is -1.98. The van der Waals surface area contributed by atoms with Gasteiger partial charge in [-0.2, -0.15) is 0 Å². The minimum Gasteiger partial charge on any atom is -0.480 e. The molecule has 0 radical (unpaired) electrons. The summed E-state index contributed by atoms with van der Waals surface area (Å²) in [5, 5.41) is 8.66. The molecule has 6 nitrogen and oxygen atoms in total. The largest absolute Gasteiger partial charge is 0.480 e. The summed E-state index contributed by atoms with van der Waals surface area (Å²) in [6.07, 6.45) is 0. The van der Waals surface area contributed by atoms with E-state index in [0.29, 0.717) is 11.1 Å². The first kappa shape index (κ1) is 11.1. The molecule has 0 saturated carbocycles. The first-order valence-electron chi connectivity index (χ1n) is 4.85. The van der Waals surface area contributed by atoms with E-state index < -0.39 is 18.3 Å². The Balaban J connectivity index is 2.64. The number of carboxylic acids is 1. The highest BCUT2D eigenvalue weighted by Gasteiger charge is 2.13. The van der Waals surface area contributed by atoms with Gasteiger partial charge in [0.05, 0.1) is 5.52 Å². The van der Waals surface area contributed by atoms with Crippen LogP contribution >= 0.6 is 0 Å². The molecular weight excluding hydrogens is 226 g/mol. The number of hydrogen-bond donors (Lipinski definition) is 1. The number of aromatic nitrogens is 1. The quantitative estimate of drug-likeness (QED) is 0.797. The molecule has 0 spiro atoms. The summed E-state index contributed by atoms with van der Waals surface area (Å²) < 4.78 is 5.88. The Bertz CT molecular complexity index is 664. The molecule has 1 aromatic heterocycles. The average molecular weight is 235 g/mol. The molecule has 1 aromatic carbocycles. The Labute approximate surface area is 95.1 Å². The number of ketones is 1. The molecule has 0 bridgehead atoms. The number of carboxylic acid groups (broad SMARTS) is 1. The SMILES string of the molecule is CC(=O)c1ccc2c(c1)oc(=O)n2CC(=O)O. The van der Waals surface area contributed by atoms with Crippen LogP contribution in [-0.2, 0) is 11.3 Å². The van der Waals surface area contributed by atoms with Crippen LogP contribution in [0.2, 0.25) is 0 Å². The Morgan fingerprint density at radius 1 is 1.41 bits per heavy atom. The number of hydrogen-bond acceptors (Lipinski definition) is 4. The van der Waals surface area contributed by atoms with Gasteiger partial charge >= 0.3 is 11.7 Å². The van der Waals surface area contributed by atoms with Gasteiger partial charge in [-0.05, 0) is 25.1 Å². The fourth-order valence-electron chi connectivity index (χ4n) is 1.57. The van der Waals surface area contributed by atoms with E-state index in [1.54, 1.807) is 0 Å². The van der Waals surface area contributed by atoms with Gasteiger partial charge in [0.1, 0.15) is 6.54 Å². The van der Waals surface area contributed by atoms with E-state index in [-0.39, 0.29) is 11.4 Å². The number of fused-ring (bicyclic) bond motifs is 1. The van der Waals surface area contributed by atoms with Crippen LogP contribution in [0.5, 0.6) is 0 Å². The van der Waals surface area contributed by atoms with Crippen molar-refractivity contribution in [2.75, 3.05) is 0 Å². The molecule has 0 atom stereocenters. The third kappa shape index (κ3) is 1.96. The summed E-state index contributed by atoms with van der Waals surface area (Å²) in [6, 6.07) is 4.45. The number of rotatable bonds is 3. The van der Waals surface area contributed by atoms with Gasteiger partial charge in [0.2, 0.25) is 0 Å². The lowest BCUT2D eigenvalue weighted by molar-refractivity contribution is -0.137. The van der Waals surface area contributed by atoms with Crippen molar-refractivity contribution in [2.45, 2.75) is 13.5 Å². The van der Waals surface area contributed by atoms with E-state index in [4.69, 9.17) is 9.52 Å². The fourth-order valence-corrected chi connectivity index (χ4v) is 1.57. The van der Waals surface area contributed by atoms with E-state index >= 15 is 0 Å². The van der Waals surface area contributed by atoms with Gasteiger partial charge in [-0.3, -0.25) is 14.2 Å². The number of Topliss-reactive ketones (excluding diaryl/α,β-unsaturated/α-hetero) is 1. The Kier molecular flexibility index (Phi) is 2.55. The number of oxazole rings is 1. The number of carbonyl (C=O) groups is 2. The molecule has 17 heavy (non-hydrogen) atoms. The van der Waals surface area contributed by atoms with Crippen molar-refractivity contribution in [2.24, 2.45) is 0 Å². The molecule has 0 aliphatic carbocycles. The van der Waals surface area contributed by atoms with Gasteiger partial charge in [-0.15, -0.1) is 0 Å². The molecule has 0 unspecified atom stereocenters. The van der Waals surface area contributed by atoms with Crippen molar-refractivity contribution < 1.29 is 19.1 Å². The molecule has 88 valence electrons. The van der Waals surface area contributed by atoms with Crippen LogP contribution in [0.3, 0.4) is 0 Å². The number of nitrogens with zero attached hydrogens (tertiary/aromatic N) is 1. The van der Waals surface area contributed by atoms with Crippen molar-refractivity contribution in [3.05, 3.63) is 34.3 Å². The average Bonchev–Trinajstić information content (AvgIpc) is 2.54. The molecular formula is C11H9NO5. The molecule has 2 aromatic rings. The van der Waals surface area contributed by atoms with Gasteiger partial charge in [-0.25, -0.2) is 4.79 Å². The van der Waals surface area contributed by atoms with Gasteiger partial charge in [0.25, 0.3) is 0 Å². The van der Waals surface area contributed by atoms with E-state index in [1.165, 1.54) is 25.1 Å². The molecule has 0 saturated heterocycles. The lowest BCUT2D eigenvalue weighted by Crippen LogP contribution is -2.19. The van der Waals surface area contributed by atoms with Gasteiger partial charge in [0, 0.05) is 5.56 Å².